The Labute approximate surface area is 190 Å². The lowest BCUT2D eigenvalue weighted by molar-refractivity contribution is 0.425. The maximum Gasteiger partial charge on any atom is 0.296 e. The van der Waals surface area contributed by atoms with Crippen LogP contribution >= 0.6 is 11.3 Å². The molecule has 4 aromatic rings. The molecule has 0 fully saturated rings. The number of nitrogens with zero attached hydrogens (tertiary/aromatic N) is 6. The lowest BCUT2D eigenvalue weighted by atomic mass is 10.2. The maximum atomic E-state index is 11.8. The Kier molecular flexibility index (Phi) is 5.60. The summed E-state index contributed by atoms with van der Waals surface area (Å²) in [4.78, 5) is 11.4. The number of benzene rings is 2. The van der Waals surface area contributed by atoms with E-state index in [1.807, 2.05) is 0 Å². The average molecular weight is 483 g/mol. The van der Waals surface area contributed by atoms with Gasteiger partial charge in [0.15, 0.2) is 6.19 Å². The van der Waals surface area contributed by atoms with Gasteiger partial charge in [-0.15, -0.1) is 16.5 Å². The number of hydrogen-bond acceptors (Lipinski definition) is 12. The molecule has 0 atom stereocenters. The molecule has 0 unspecified atom stereocenters. The summed E-state index contributed by atoms with van der Waals surface area (Å²) in [5.74, 6) is -1.63. The van der Waals surface area contributed by atoms with Crippen LogP contribution in [0.5, 0.6) is 11.8 Å². The third kappa shape index (κ3) is 4.41. The highest BCUT2D eigenvalue weighted by atomic mass is 32.2. The first kappa shape index (κ1) is 22.0. The van der Waals surface area contributed by atoms with E-state index in [4.69, 9.17) is 5.26 Å². The number of nitrogens with one attached hydrogen (secondary N) is 1. The third-order valence-corrected chi connectivity index (χ3v) is 6.67. The fourth-order valence-corrected chi connectivity index (χ4v) is 5.23. The van der Waals surface area contributed by atoms with Gasteiger partial charge in [0.2, 0.25) is 23.4 Å². The van der Waals surface area contributed by atoms with Gasteiger partial charge in [-0.05, 0) is 42.8 Å². The Morgan fingerprint density at radius 1 is 1.03 bits per heavy atom. The van der Waals surface area contributed by atoms with Gasteiger partial charge in [-0.2, -0.15) is 28.8 Å². The number of rotatable bonds is 5. The number of thiazole rings is 1. The van der Waals surface area contributed by atoms with Gasteiger partial charge in [0.25, 0.3) is 10.1 Å². The summed E-state index contributed by atoms with van der Waals surface area (Å²) in [5.41, 5.74) is 1.53. The molecule has 0 saturated heterocycles. The van der Waals surface area contributed by atoms with E-state index in [1.54, 1.807) is 49.5 Å². The number of fused-ring (bicyclic) bond motifs is 1. The molecule has 4 rings (SSSR count). The van der Waals surface area contributed by atoms with Crippen LogP contribution in [0.15, 0.2) is 51.5 Å². The van der Waals surface area contributed by atoms with Gasteiger partial charge in [-0.25, -0.2) is 4.98 Å². The zero-order chi connectivity index (χ0) is 23.8. The summed E-state index contributed by atoms with van der Waals surface area (Å²) in [7, 11) is -4.41. The van der Waals surface area contributed by atoms with E-state index in [0.717, 1.165) is 11.3 Å². The van der Waals surface area contributed by atoms with E-state index in [2.05, 4.69) is 30.5 Å². The smallest absolute Gasteiger partial charge is 0.296 e. The molecule has 14 heteroatoms. The molecule has 0 spiro atoms. The van der Waals surface area contributed by atoms with Crippen molar-refractivity contribution in [2.24, 2.45) is 10.2 Å². The van der Waals surface area contributed by atoms with Gasteiger partial charge in [0.05, 0.1) is 15.9 Å². The van der Waals surface area contributed by atoms with Crippen molar-refractivity contribution >= 4 is 49.0 Å². The lowest BCUT2D eigenvalue weighted by Gasteiger charge is -2.02. The zero-order valence-electron chi connectivity index (χ0n) is 16.6. The Morgan fingerprint density at radius 2 is 1.70 bits per heavy atom. The summed E-state index contributed by atoms with van der Waals surface area (Å²) < 4.78 is 33.5. The number of azo groups is 1. The summed E-state index contributed by atoms with van der Waals surface area (Å²) in [6.45, 7) is 1.59. The van der Waals surface area contributed by atoms with Gasteiger partial charge in [0, 0.05) is 5.56 Å². The van der Waals surface area contributed by atoms with Gasteiger partial charge < -0.3 is 10.2 Å². The van der Waals surface area contributed by atoms with Crippen molar-refractivity contribution in [3.8, 4) is 28.5 Å². The molecule has 0 amide bonds. The highest BCUT2D eigenvalue weighted by molar-refractivity contribution is 7.86. The second-order valence-corrected chi connectivity index (χ2v) is 8.94. The highest BCUT2D eigenvalue weighted by Crippen LogP contribution is 2.37. The van der Waals surface area contributed by atoms with Gasteiger partial charge in [0.1, 0.15) is 9.90 Å². The topological polar surface area (TPSA) is 194 Å². The largest absolute Gasteiger partial charge is 0.491 e. The Bertz CT molecular complexity index is 1540. The number of hydrogen-bond donors (Lipinski definition) is 4. The first-order valence-corrected chi connectivity index (χ1v) is 11.3. The number of nitriles is 1. The van der Waals surface area contributed by atoms with E-state index in [1.165, 1.54) is 0 Å². The molecular formula is C19H13N7O5S2. The third-order valence-electron chi connectivity index (χ3n) is 4.36. The minimum atomic E-state index is -4.41. The summed E-state index contributed by atoms with van der Waals surface area (Å²) in [6, 6.07) is 9.82. The van der Waals surface area contributed by atoms with E-state index < -0.39 is 21.9 Å². The van der Waals surface area contributed by atoms with Crippen molar-refractivity contribution in [3.63, 3.8) is 0 Å². The summed E-state index contributed by atoms with van der Waals surface area (Å²) >= 11 is 1.13. The van der Waals surface area contributed by atoms with Crippen LogP contribution in [0.25, 0.3) is 20.8 Å². The molecule has 0 bridgehead atoms. The molecule has 0 saturated carbocycles. The minimum Gasteiger partial charge on any atom is -0.491 e. The van der Waals surface area contributed by atoms with Gasteiger partial charge >= 0.3 is 0 Å². The van der Waals surface area contributed by atoms with Crippen LogP contribution in [0.1, 0.15) is 5.56 Å². The monoisotopic (exact) mass is 483 g/mol. The Hall–Kier alpha value is -4.19. The van der Waals surface area contributed by atoms with Crippen LogP contribution in [0.3, 0.4) is 0 Å². The van der Waals surface area contributed by atoms with Crippen LogP contribution in [-0.2, 0) is 10.1 Å². The number of aryl methyl sites for hydroxylation is 1. The minimum absolute atomic E-state index is 0.160. The molecule has 0 aliphatic rings. The second kappa shape index (κ2) is 8.39. The molecule has 12 nitrogen and oxygen atoms in total. The first-order chi connectivity index (χ1) is 15.7. The molecule has 33 heavy (non-hydrogen) atoms. The predicted molar refractivity (Wildman–Crippen MR) is 118 cm³/mol. The van der Waals surface area contributed by atoms with Crippen molar-refractivity contribution in [2.45, 2.75) is 11.8 Å². The van der Waals surface area contributed by atoms with Crippen molar-refractivity contribution in [1.82, 2.24) is 15.0 Å². The summed E-state index contributed by atoms with van der Waals surface area (Å²) in [6.07, 6.45) is 1.56. The highest BCUT2D eigenvalue weighted by Gasteiger charge is 2.20. The van der Waals surface area contributed by atoms with Crippen LogP contribution in [0.2, 0.25) is 0 Å². The molecule has 166 valence electrons. The van der Waals surface area contributed by atoms with Crippen LogP contribution in [0, 0.1) is 18.4 Å². The first-order valence-electron chi connectivity index (χ1n) is 9.02. The fourth-order valence-electron chi connectivity index (χ4n) is 2.92. The molecule has 2 aromatic heterocycles. The average Bonchev–Trinajstić information content (AvgIpc) is 3.16. The summed E-state index contributed by atoms with van der Waals surface area (Å²) in [5, 5.41) is 38.5. The van der Waals surface area contributed by atoms with Gasteiger partial charge in [-0.3, -0.25) is 9.87 Å². The molecule has 2 heterocycles. The lowest BCUT2D eigenvalue weighted by Crippen LogP contribution is -2.00. The number of anilines is 1. The standard InChI is InChI=1S/C19H13N7O5S2/c1-9-2-7-12-14(15(9)33(29,30)31)32-18(22-12)10-3-5-11(6-4-10)25-26-13-16(27)23-19(21-8-20)24-17(13)28/h2-7H,1H3,(H,29,30,31)(H3,21,23,24,27,28). The number of aromatic hydroxyl groups is 2. The molecular weight excluding hydrogens is 470 g/mol. The molecule has 0 aliphatic carbocycles. The molecule has 2 aromatic carbocycles. The van der Waals surface area contributed by atoms with Crippen molar-refractivity contribution < 1.29 is 23.2 Å². The van der Waals surface area contributed by atoms with Crippen molar-refractivity contribution in [3.05, 3.63) is 42.0 Å². The normalized spacial score (nSPS) is 11.7. The zero-order valence-corrected chi connectivity index (χ0v) is 18.3. The molecule has 4 N–H and O–H groups in total. The Balaban J connectivity index is 1.64. The predicted octanol–water partition coefficient (Wildman–Crippen LogP) is 4.03. The van der Waals surface area contributed by atoms with Crippen LogP contribution in [0.4, 0.5) is 17.3 Å². The fraction of sp³-hybridized carbons (Fsp3) is 0.0526. The molecule has 0 radical (unpaired) electrons. The van der Waals surface area contributed by atoms with Crippen molar-refractivity contribution in [2.75, 3.05) is 5.32 Å². The maximum absolute atomic E-state index is 11.8. The van der Waals surface area contributed by atoms with Crippen LogP contribution in [-0.4, -0.2) is 38.1 Å². The van der Waals surface area contributed by atoms with E-state index >= 15 is 0 Å². The van der Waals surface area contributed by atoms with Gasteiger partial charge in [-0.1, -0.05) is 6.07 Å². The Morgan fingerprint density at radius 3 is 2.30 bits per heavy atom. The van der Waals surface area contributed by atoms with E-state index in [9.17, 15) is 23.2 Å². The SMILES string of the molecule is Cc1ccc2nc(-c3ccc(N=Nc4c(O)nc(NC#N)nc4O)cc3)sc2c1S(=O)(=O)O. The van der Waals surface area contributed by atoms with E-state index in [0.29, 0.717) is 32.0 Å². The van der Waals surface area contributed by atoms with Crippen LogP contribution < -0.4 is 5.32 Å². The second-order valence-electron chi connectivity index (χ2n) is 6.58. The molecule has 0 aliphatic heterocycles. The van der Waals surface area contributed by atoms with E-state index in [-0.39, 0.29) is 16.5 Å². The quantitative estimate of drug-likeness (QED) is 0.139. The number of aromatic nitrogens is 3. The van der Waals surface area contributed by atoms with Crippen molar-refractivity contribution in [1.29, 1.82) is 5.26 Å².